The van der Waals surface area contributed by atoms with E-state index in [1.807, 2.05) is 36.5 Å². The maximum atomic E-state index is 12.3. The Labute approximate surface area is 174 Å². The number of amides is 1. The molecule has 0 radical (unpaired) electrons. The van der Waals surface area contributed by atoms with Gasteiger partial charge < -0.3 is 25.8 Å². The van der Waals surface area contributed by atoms with Gasteiger partial charge >= 0.3 is 7.82 Å². The van der Waals surface area contributed by atoms with Gasteiger partial charge in [0.2, 0.25) is 5.91 Å². The van der Waals surface area contributed by atoms with Crippen LogP contribution in [0.3, 0.4) is 0 Å². The molecule has 30 heavy (non-hydrogen) atoms. The van der Waals surface area contributed by atoms with E-state index >= 15 is 0 Å². The van der Waals surface area contributed by atoms with Crippen LogP contribution in [0.1, 0.15) is 18.2 Å². The molecule has 2 aromatic carbocycles. The molecule has 1 heterocycles. The minimum atomic E-state index is -4.71. The van der Waals surface area contributed by atoms with Gasteiger partial charge in [0.1, 0.15) is 5.54 Å². The van der Waals surface area contributed by atoms with E-state index in [-0.39, 0.29) is 0 Å². The summed E-state index contributed by atoms with van der Waals surface area (Å²) in [4.78, 5) is 33.1. The van der Waals surface area contributed by atoms with Crippen LogP contribution in [0.4, 0.5) is 5.69 Å². The molecule has 6 N–H and O–H groups in total. The Morgan fingerprint density at radius 3 is 2.43 bits per heavy atom. The molecule has 9 heteroatoms. The highest BCUT2D eigenvalue weighted by Gasteiger charge is 2.32. The molecule has 3 aromatic rings. The number of hydrogen-bond acceptors (Lipinski definition) is 4. The topological polar surface area (TPSA) is 138 Å². The maximum Gasteiger partial charge on any atom is 0.469 e. The Hall–Kier alpha value is -2.74. The molecular weight excluding hydrogens is 405 g/mol. The van der Waals surface area contributed by atoms with Crippen LogP contribution in [0.15, 0.2) is 66.9 Å². The van der Waals surface area contributed by atoms with Gasteiger partial charge in [0.05, 0.1) is 6.61 Å². The second kappa shape index (κ2) is 8.95. The third-order valence-corrected chi connectivity index (χ3v) is 4.97. The summed E-state index contributed by atoms with van der Waals surface area (Å²) in [5.74, 6) is -0.615. The number of aromatic amines is 1. The molecule has 1 atom stereocenters. The van der Waals surface area contributed by atoms with Crippen molar-refractivity contribution in [2.75, 3.05) is 11.9 Å². The molecule has 0 saturated heterocycles. The van der Waals surface area contributed by atoms with E-state index < -0.39 is 25.9 Å². The fourth-order valence-electron chi connectivity index (χ4n) is 2.83. The summed E-state index contributed by atoms with van der Waals surface area (Å²) in [5.41, 5.74) is 9.04. The van der Waals surface area contributed by atoms with Crippen molar-refractivity contribution in [2.24, 2.45) is 5.73 Å². The third kappa shape index (κ3) is 6.13. The highest BCUT2D eigenvalue weighted by atomic mass is 31.2. The maximum absolute atomic E-state index is 12.3. The zero-order valence-corrected chi connectivity index (χ0v) is 17.3. The molecule has 3 rings (SSSR count). The number of hydrogen-bond donors (Lipinski definition) is 5. The van der Waals surface area contributed by atoms with Crippen LogP contribution < -0.4 is 11.1 Å². The highest BCUT2D eigenvalue weighted by molar-refractivity contribution is 7.46. The smallest absolute Gasteiger partial charge is 0.364 e. The number of H-pyrrole nitrogens is 1. The molecule has 0 aliphatic carbocycles. The minimum absolute atomic E-state index is 0.511. The van der Waals surface area contributed by atoms with E-state index in [1.54, 1.807) is 12.1 Å². The number of aromatic nitrogens is 1. The van der Waals surface area contributed by atoms with Gasteiger partial charge in [-0.05, 0) is 41.8 Å². The Balaban J connectivity index is 1.62. The molecule has 158 valence electrons. The van der Waals surface area contributed by atoms with Gasteiger partial charge in [0, 0.05) is 24.0 Å². The number of phosphoric ester groups is 1. The van der Waals surface area contributed by atoms with Gasteiger partial charge in [-0.25, -0.2) is 4.57 Å². The Kier molecular flexibility index (Phi) is 6.55. The summed E-state index contributed by atoms with van der Waals surface area (Å²) in [7, 11) is -4.71. The number of nitrogens with one attached hydrogen (secondary N) is 2. The van der Waals surface area contributed by atoms with E-state index in [4.69, 9.17) is 15.5 Å². The molecule has 0 spiro atoms. The first-order valence-electron chi connectivity index (χ1n) is 9.24. The van der Waals surface area contributed by atoms with Gasteiger partial charge in [0.15, 0.2) is 0 Å². The van der Waals surface area contributed by atoms with Crippen LogP contribution in [-0.4, -0.2) is 32.8 Å². The SMILES string of the molecule is C[C@](N)(COP(=O)(O)O)C(=O)Nc1ccc(-c2c[nH]c(Cc3ccccc3)c2)cc1. The summed E-state index contributed by atoms with van der Waals surface area (Å²) in [6.07, 6.45) is 2.74. The van der Waals surface area contributed by atoms with E-state index in [1.165, 1.54) is 12.5 Å². The number of anilines is 1. The molecule has 0 aliphatic rings. The minimum Gasteiger partial charge on any atom is -0.364 e. The largest absolute Gasteiger partial charge is 0.469 e. The first-order chi connectivity index (χ1) is 14.1. The van der Waals surface area contributed by atoms with Crippen molar-refractivity contribution in [3.05, 3.63) is 78.1 Å². The van der Waals surface area contributed by atoms with Gasteiger partial charge in [-0.15, -0.1) is 0 Å². The molecule has 0 aliphatic heterocycles. The molecular formula is C21H24N3O5P. The Morgan fingerprint density at radius 1 is 1.13 bits per heavy atom. The second-order valence-electron chi connectivity index (χ2n) is 7.29. The predicted molar refractivity (Wildman–Crippen MR) is 115 cm³/mol. The van der Waals surface area contributed by atoms with Crippen molar-refractivity contribution in [3.63, 3.8) is 0 Å². The number of carbonyl (C=O) groups excluding carboxylic acids is 1. The lowest BCUT2D eigenvalue weighted by Gasteiger charge is -2.23. The van der Waals surface area contributed by atoms with Gasteiger partial charge in [-0.2, -0.15) is 0 Å². The average Bonchev–Trinajstić information content (AvgIpc) is 3.16. The van der Waals surface area contributed by atoms with E-state index in [0.29, 0.717) is 5.69 Å². The lowest BCUT2D eigenvalue weighted by atomic mass is 10.0. The van der Waals surface area contributed by atoms with Crippen molar-refractivity contribution in [1.82, 2.24) is 4.98 Å². The zero-order valence-electron chi connectivity index (χ0n) is 16.4. The number of nitrogens with two attached hydrogens (primary N) is 1. The highest BCUT2D eigenvalue weighted by Crippen LogP contribution is 2.36. The predicted octanol–water partition coefficient (Wildman–Crippen LogP) is 3.04. The Bertz CT molecular complexity index is 1040. The van der Waals surface area contributed by atoms with Crippen LogP contribution in [0.5, 0.6) is 0 Å². The first kappa shape index (κ1) is 22.0. The monoisotopic (exact) mass is 429 g/mol. The fraction of sp³-hybridized carbons (Fsp3) is 0.190. The Morgan fingerprint density at radius 2 is 1.80 bits per heavy atom. The average molecular weight is 429 g/mol. The van der Waals surface area contributed by atoms with Gasteiger partial charge in [0.25, 0.3) is 0 Å². The normalized spacial score (nSPS) is 13.6. The number of phosphoric acid groups is 1. The van der Waals surface area contributed by atoms with E-state index in [0.717, 1.165) is 23.2 Å². The molecule has 1 aromatic heterocycles. The van der Waals surface area contributed by atoms with Crippen molar-refractivity contribution in [3.8, 4) is 11.1 Å². The zero-order chi connectivity index (χ0) is 21.8. The first-order valence-corrected chi connectivity index (χ1v) is 10.8. The summed E-state index contributed by atoms with van der Waals surface area (Å²) in [5, 5.41) is 2.63. The van der Waals surface area contributed by atoms with Crippen molar-refractivity contribution < 1.29 is 23.7 Å². The summed E-state index contributed by atoms with van der Waals surface area (Å²) < 4.78 is 15.2. The van der Waals surface area contributed by atoms with Crippen molar-refractivity contribution in [1.29, 1.82) is 0 Å². The van der Waals surface area contributed by atoms with Gasteiger partial charge in [-0.1, -0.05) is 42.5 Å². The number of rotatable bonds is 8. The van der Waals surface area contributed by atoms with E-state index in [9.17, 15) is 9.36 Å². The lowest BCUT2D eigenvalue weighted by Crippen LogP contribution is -2.52. The quantitative estimate of drug-likeness (QED) is 0.349. The van der Waals surface area contributed by atoms with Crippen LogP contribution in [0.25, 0.3) is 11.1 Å². The fourth-order valence-corrected chi connectivity index (χ4v) is 3.27. The number of benzene rings is 2. The van der Waals surface area contributed by atoms with Crippen LogP contribution >= 0.6 is 7.82 Å². The summed E-state index contributed by atoms with van der Waals surface area (Å²) in [6.45, 7) is 0.717. The van der Waals surface area contributed by atoms with Crippen molar-refractivity contribution >= 4 is 19.4 Å². The molecule has 0 saturated carbocycles. The lowest BCUT2D eigenvalue weighted by molar-refractivity contribution is -0.121. The standard InChI is InChI=1S/C21H24N3O5P/c1-21(22,14-29-30(26,27)28)20(25)24-18-9-7-16(8-10-18)17-12-19(23-13-17)11-15-5-3-2-4-6-15/h2-10,12-13,23H,11,14,22H2,1H3,(H,24,25)(H2,26,27,28)/t21-/m0/s1. The van der Waals surface area contributed by atoms with Crippen LogP contribution in [-0.2, 0) is 20.3 Å². The molecule has 0 unspecified atom stereocenters. The van der Waals surface area contributed by atoms with Crippen LogP contribution in [0.2, 0.25) is 0 Å². The molecule has 0 fully saturated rings. The summed E-state index contributed by atoms with van der Waals surface area (Å²) >= 11 is 0. The summed E-state index contributed by atoms with van der Waals surface area (Å²) in [6, 6.07) is 19.4. The molecule has 0 bridgehead atoms. The molecule has 8 nitrogen and oxygen atoms in total. The van der Waals surface area contributed by atoms with E-state index in [2.05, 4.69) is 33.0 Å². The number of carbonyl (C=O) groups is 1. The third-order valence-electron chi connectivity index (χ3n) is 4.51. The van der Waals surface area contributed by atoms with Crippen LogP contribution in [0, 0.1) is 0 Å². The molecule has 1 amide bonds. The van der Waals surface area contributed by atoms with Crippen molar-refractivity contribution in [2.45, 2.75) is 18.9 Å². The van der Waals surface area contributed by atoms with Gasteiger partial charge in [-0.3, -0.25) is 9.32 Å². The second-order valence-corrected chi connectivity index (χ2v) is 8.53.